The van der Waals surface area contributed by atoms with Crippen LogP contribution in [0.5, 0.6) is 5.75 Å². The van der Waals surface area contributed by atoms with Gasteiger partial charge in [-0.3, -0.25) is 4.79 Å². The summed E-state index contributed by atoms with van der Waals surface area (Å²) in [4.78, 5) is 24.4. The molecule has 3 rings (SSSR count). The number of ether oxygens (including phenoxy) is 1. The van der Waals surface area contributed by atoms with Crippen LogP contribution in [0.4, 0.5) is 5.69 Å². The van der Waals surface area contributed by atoms with Gasteiger partial charge in [0.05, 0.1) is 12.0 Å². The third-order valence-electron chi connectivity index (χ3n) is 2.93. The van der Waals surface area contributed by atoms with Gasteiger partial charge in [-0.1, -0.05) is 6.07 Å². The normalized spacial score (nSPS) is 10.5. The Morgan fingerprint density at radius 1 is 1.29 bits per heavy atom. The minimum Gasteiger partial charge on any atom is -0.497 e. The quantitative estimate of drug-likeness (QED) is 0.755. The number of anilines is 1. The van der Waals surface area contributed by atoms with Crippen molar-refractivity contribution in [2.24, 2.45) is 0 Å². The number of carbonyl (C=O) groups is 1. The van der Waals surface area contributed by atoms with E-state index in [0.29, 0.717) is 21.6 Å². The number of fused-ring (bicyclic) bond motifs is 1. The minimum absolute atomic E-state index is 0.106. The van der Waals surface area contributed by atoms with Crippen molar-refractivity contribution in [2.45, 2.75) is 0 Å². The van der Waals surface area contributed by atoms with E-state index < -0.39 is 5.63 Å². The summed E-state index contributed by atoms with van der Waals surface area (Å²) in [5, 5.41) is 5.04. The van der Waals surface area contributed by atoms with E-state index in [4.69, 9.17) is 9.15 Å². The lowest BCUT2D eigenvalue weighted by atomic mass is 10.2. The first-order valence-corrected chi connectivity index (χ1v) is 7.02. The lowest BCUT2D eigenvalue weighted by Crippen LogP contribution is -2.16. The first-order valence-electron chi connectivity index (χ1n) is 6.14. The van der Waals surface area contributed by atoms with Crippen molar-refractivity contribution >= 4 is 33.9 Å². The summed E-state index contributed by atoms with van der Waals surface area (Å²) in [6.07, 6.45) is 0. The van der Waals surface area contributed by atoms with E-state index in [2.05, 4.69) is 5.32 Å². The molecule has 5 nitrogen and oxygen atoms in total. The van der Waals surface area contributed by atoms with Crippen LogP contribution in [0.1, 0.15) is 9.67 Å². The van der Waals surface area contributed by atoms with Gasteiger partial charge in [-0.2, -0.15) is 0 Å². The molecular weight excluding hydrogens is 290 g/mol. The van der Waals surface area contributed by atoms with E-state index in [0.717, 1.165) is 0 Å². The Labute approximate surface area is 123 Å². The maximum atomic E-state index is 12.0. The van der Waals surface area contributed by atoms with Gasteiger partial charge in [-0.05, 0) is 35.7 Å². The number of thiophene rings is 1. The van der Waals surface area contributed by atoms with Crippen molar-refractivity contribution < 1.29 is 13.9 Å². The summed E-state index contributed by atoms with van der Waals surface area (Å²) in [5.74, 6) is 0.312. The molecule has 0 unspecified atom stereocenters. The van der Waals surface area contributed by atoms with Crippen molar-refractivity contribution in [3.8, 4) is 5.75 Å². The smallest absolute Gasteiger partial charge is 0.360 e. The van der Waals surface area contributed by atoms with E-state index in [1.165, 1.54) is 11.3 Å². The van der Waals surface area contributed by atoms with Crippen molar-refractivity contribution in [1.29, 1.82) is 0 Å². The lowest BCUT2D eigenvalue weighted by Gasteiger charge is -2.05. The van der Waals surface area contributed by atoms with Gasteiger partial charge in [0, 0.05) is 5.39 Å². The average Bonchev–Trinajstić information content (AvgIpc) is 3.02. The van der Waals surface area contributed by atoms with Crippen molar-refractivity contribution in [2.75, 3.05) is 12.4 Å². The molecule has 0 aliphatic rings. The van der Waals surface area contributed by atoms with E-state index in [1.807, 2.05) is 0 Å². The molecule has 0 spiro atoms. The average molecular weight is 301 g/mol. The Bertz CT molecular complexity index is 852. The summed E-state index contributed by atoms with van der Waals surface area (Å²) in [6.45, 7) is 0. The maximum Gasteiger partial charge on any atom is 0.360 e. The first-order chi connectivity index (χ1) is 10.2. The summed E-state index contributed by atoms with van der Waals surface area (Å²) in [6, 6.07) is 10.1. The van der Waals surface area contributed by atoms with Gasteiger partial charge in [-0.15, -0.1) is 11.3 Å². The summed E-state index contributed by atoms with van der Waals surface area (Å²) < 4.78 is 10.3. The highest BCUT2D eigenvalue weighted by Crippen LogP contribution is 2.22. The van der Waals surface area contributed by atoms with E-state index in [-0.39, 0.29) is 11.6 Å². The van der Waals surface area contributed by atoms with Gasteiger partial charge in [-0.25, -0.2) is 4.79 Å². The van der Waals surface area contributed by atoms with Gasteiger partial charge in [0.25, 0.3) is 5.91 Å². The summed E-state index contributed by atoms with van der Waals surface area (Å²) in [5.41, 5.74) is -0.0401. The zero-order valence-electron chi connectivity index (χ0n) is 11.1. The van der Waals surface area contributed by atoms with E-state index in [1.54, 1.807) is 48.9 Å². The predicted octanol–water partition coefficient (Wildman–Crippen LogP) is 3.12. The number of nitrogens with one attached hydrogen (secondary N) is 1. The van der Waals surface area contributed by atoms with Crippen LogP contribution >= 0.6 is 11.3 Å². The molecule has 0 aliphatic carbocycles. The molecule has 3 aromatic rings. The van der Waals surface area contributed by atoms with Crippen LogP contribution in [0, 0.1) is 0 Å². The molecule has 0 fully saturated rings. The molecule has 0 saturated heterocycles. The Morgan fingerprint density at radius 3 is 2.86 bits per heavy atom. The van der Waals surface area contributed by atoms with Gasteiger partial charge < -0.3 is 14.5 Å². The lowest BCUT2D eigenvalue weighted by molar-refractivity contribution is 0.103. The molecule has 2 aromatic heterocycles. The molecule has 0 aliphatic heterocycles. The third kappa shape index (κ3) is 2.66. The number of carbonyl (C=O) groups excluding carboxylic acids is 1. The standard InChI is InChI=1S/C15H11NO4S/c1-19-10-4-5-12-9(7-10)8-11(15(18)20-12)16-14(17)13-3-2-6-21-13/h2-8H,1H3,(H,16,17). The van der Waals surface area contributed by atoms with Crippen molar-refractivity contribution in [3.63, 3.8) is 0 Å². The number of benzene rings is 1. The predicted molar refractivity (Wildman–Crippen MR) is 81.3 cm³/mol. The molecular formula is C15H11NO4S. The number of amides is 1. The highest BCUT2D eigenvalue weighted by molar-refractivity contribution is 7.12. The Balaban J connectivity index is 2.00. The zero-order valence-corrected chi connectivity index (χ0v) is 11.9. The molecule has 106 valence electrons. The monoisotopic (exact) mass is 301 g/mol. The Hall–Kier alpha value is -2.60. The molecule has 21 heavy (non-hydrogen) atoms. The second-order valence-electron chi connectivity index (χ2n) is 4.28. The van der Waals surface area contributed by atoms with Crippen LogP contribution < -0.4 is 15.7 Å². The largest absolute Gasteiger partial charge is 0.497 e. The molecule has 1 amide bonds. The van der Waals surface area contributed by atoms with Gasteiger partial charge >= 0.3 is 5.63 Å². The fourth-order valence-corrected chi connectivity index (χ4v) is 2.53. The van der Waals surface area contributed by atoms with Crippen LogP contribution in [0.25, 0.3) is 11.0 Å². The molecule has 0 saturated carbocycles. The topological polar surface area (TPSA) is 68.5 Å². The zero-order chi connectivity index (χ0) is 14.8. The highest BCUT2D eigenvalue weighted by atomic mass is 32.1. The van der Waals surface area contributed by atoms with E-state index in [9.17, 15) is 9.59 Å². The van der Waals surface area contributed by atoms with Gasteiger partial charge in [0.15, 0.2) is 0 Å². The molecule has 2 heterocycles. The maximum absolute atomic E-state index is 12.0. The molecule has 1 N–H and O–H groups in total. The van der Waals surface area contributed by atoms with Gasteiger partial charge in [0.1, 0.15) is 17.0 Å². The van der Waals surface area contributed by atoms with Gasteiger partial charge in [0.2, 0.25) is 0 Å². The second-order valence-corrected chi connectivity index (χ2v) is 5.23. The van der Waals surface area contributed by atoms with Crippen LogP contribution in [0.3, 0.4) is 0 Å². The molecule has 0 radical (unpaired) electrons. The summed E-state index contributed by atoms with van der Waals surface area (Å²) in [7, 11) is 1.56. The Morgan fingerprint density at radius 2 is 2.14 bits per heavy atom. The van der Waals surface area contributed by atoms with Crippen molar-refractivity contribution in [1.82, 2.24) is 0 Å². The SMILES string of the molecule is COc1ccc2oc(=O)c(NC(=O)c3cccs3)cc2c1. The second kappa shape index (κ2) is 5.41. The molecule has 0 atom stereocenters. The van der Waals surface area contributed by atoms with E-state index >= 15 is 0 Å². The third-order valence-corrected chi connectivity index (χ3v) is 3.80. The Kier molecular flexibility index (Phi) is 3.45. The van der Waals surface area contributed by atoms with Crippen LogP contribution in [-0.4, -0.2) is 13.0 Å². The van der Waals surface area contributed by atoms with Crippen LogP contribution in [-0.2, 0) is 0 Å². The highest BCUT2D eigenvalue weighted by Gasteiger charge is 2.12. The number of hydrogen-bond donors (Lipinski definition) is 1. The molecule has 1 aromatic carbocycles. The summed E-state index contributed by atoms with van der Waals surface area (Å²) >= 11 is 1.30. The number of hydrogen-bond acceptors (Lipinski definition) is 5. The number of rotatable bonds is 3. The molecule has 0 bridgehead atoms. The van der Waals surface area contributed by atoms with Crippen LogP contribution in [0.15, 0.2) is 51.0 Å². The van der Waals surface area contributed by atoms with Crippen molar-refractivity contribution in [3.05, 3.63) is 57.1 Å². The minimum atomic E-state index is -0.586. The first kappa shape index (κ1) is 13.4. The van der Waals surface area contributed by atoms with Crippen LogP contribution in [0.2, 0.25) is 0 Å². The fourth-order valence-electron chi connectivity index (χ4n) is 1.91. The fraction of sp³-hybridized carbons (Fsp3) is 0.0667. The number of methoxy groups -OCH3 is 1. The molecule has 6 heteroatoms.